The van der Waals surface area contributed by atoms with Crippen LogP contribution in [0.1, 0.15) is 6.92 Å². The summed E-state index contributed by atoms with van der Waals surface area (Å²) in [7, 11) is -1.41. The van der Waals surface area contributed by atoms with E-state index in [1.165, 1.54) is 0 Å². The monoisotopic (exact) mass is 270 g/mol. The molecule has 0 aliphatic heterocycles. The van der Waals surface area contributed by atoms with Gasteiger partial charge in [-0.25, -0.2) is 0 Å². The Morgan fingerprint density at radius 1 is 1.50 bits per heavy atom. The molecule has 1 nitrogen and oxygen atoms in total. The lowest BCUT2D eigenvalue weighted by molar-refractivity contribution is 0.338. The summed E-state index contributed by atoms with van der Waals surface area (Å²) in [6, 6.07) is 0. The van der Waals surface area contributed by atoms with Crippen molar-refractivity contribution < 1.29 is 4.43 Å². The Hall–Kier alpha value is 0.647. The summed E-state index contributed by atoms with van der Waals surface area (Å²) < 4.78 is 6.66. The van der Waals surface area contributed by atoms with Crippen molar-refractivity contribution in [2.75, 3.05) is 11.0 Å². The molecule has 0 aliphatic rings. The molecule has 0 aliphatic carbocycles. The quantitative estimate of drug-likeness (QED) is 0.433. The van der Waals surface area contributed by atoms with Crippen LogP contribution in [-0.4, -0.2) is 19.4 Å². The summed E-state index contributed by atoms with van der Waals surface area (Å²) in [6.45, 7) is 7.30. The predicted octanol–water partition coefficient (Wildman–Crippen LogP) is 2.76. The third-order valence-corrected chi connectivity index (χ3v) is 3.70. The van der Waals surface area contributed by atoms with Gasteiger partial charge in [-0.3, -0.25) is 0 Å². The molecule has 0 saturated carbocycles. The summed E-state index contributed by atoms with van der Waals surface area (Å²) in [5.74, 6) is 0. The van der Waals surface area contributed by atoms with Gasteiger partial charge in [0.15, 0.2) is 0 Å². The smallest absolute Gasteiger partial charge is 0.210 e. The Morgan fingerprint density at radius 2 is 2.10 bits per heavy atom. The van der Waals surface area contributed by atoms with E-state index in [1.54, 1.807) is 0 Å². The Kier molecular flexibility index (Phi) is 5.66. The van der Waals surface area contributed by atoms with Crippen LogP contribution in [0.4, 0.5) is 0 Å². The zero-order chi connectivity index (χ0) is 8.04. The summed E-state index contributed by atoms with van der Waals surface area (Å²) in [6.07, 6.45) is 2.18. The molecule has 0 heterocycles. The van der Waals surface area contributed by atoms with E-state index in [0.29, 0.717) is 0 Å². The number of allylic oxidation sites excluding steroid dienone is 1. The van der Waals surface area contributed by atoms with E-state index < -0.39 is 8.32 Å². The molecule has 0 amide bonds. The predicted molar refractivity (Wildman–Crippen MR) is 57.1 cm³/mol. The van der Waals surface area contributed by atoms with Gasteiger partial charge in [0.25, 0.3) is 0 Å². The molecule has 0 radical (unpaired) electrons. The average Bonchev–Trinajstić information content (AvgIpc) is 1.84. The highest BCUT2D eigenvalue weighted by Crippen LogP contribution is 2.05. The lowest BCUT2D eigenvalue weighted by Gasteiger charge is -2.16. The van der Waals surface area contributed by atoms with Crippen molar-refractivity contribution in [3.05, 3.63) is 11.8 Å². The van der Waals surface area contributed by atoms with Gasteiger partial charge in [-0.1, -0.05) is 34.4 Å². The van der Waals surface area contributed by atoms with Crippen molar-refractivity contribution in [3.63, 3.8) is 0 Å². The van der Waals surface area contributed by atoms with Crippen LogP contribution in [0.3, 0.4) is 0 Å². The van der Waals surface area contributed by atoms with E-state index in [0.717, 1.165) is 11.0 Å². The van der Waals surface area contributed by atoms with E-state index in [9.17, 15) is 0 Å². The third kappa shape index (κ3) is 5.43. The average molecular weight is 270 g/mol. The molecular formula is C7H15IOSi. The Bertz CT molecular complexity index is 112. The highest BCUT2D eigenvalue weighted by Gasteiger charge is 2.16. The van der Waals surface area contributed by atoms with Crippen LogP contribution in [0.2, 0.25) is 13.1 Å². The molecule has 60 valence electrons. The van der Waals surface area contributed by atoms with Crippen LogP contribution >= 0.6 is 22.6 Å². The van der Waals surface area contributed by atoms with Gasteiger partial charge in [-0.15, -0.1) is 0 Å². The van der Waals surface area contributed by atoms with Crippen molar-refractivity contribution in [1.29, 1.82) is 0 Å². The molecule has 0 aromatic carbocycles. The summed E-state index contributed by atoms with van der Waals surface area (Å²) in [4.78, 5) is 0. The van der Waals surface area contributed by atoms with Gasteiger partial charge in [-0.2, -0.15) is 0 Å². The second-order valence-corrected chi connectivity index (χ2v) is 7.30. The SMILES string of the molecule is CCO[Si](C)(C)C=CCI. The van der Waals surface area contributed by atoms with Gasteiger partial charge in [-0.05, 0) is 20.0 Å². The molecule has 0 aromatic rings. The number of halogens is 1. The minimum atomic E-state index is -1.41. The van der Waals surface area contributed by atoms with Crippen molar-refractivity contribution in [3.8, 4) is 0 Å². The maximum absolute atomic E-state index is 5.58. The van der Waals surface area contributed by atoms with Gasteiger partial charge < -0.3 is 4.43 Å². The van der Waals surface area contributed by atoms with Gasteiger partial charge in [0.1, 0.15) is 0 Å². The van der Waals surface area contributed by atoms with Crippen LogP contribution in [0.25, 0.3) is 0 Å². The van der Waals surface area contributed by atoms with Gasteiger partial charge in [0, 0.05) is 11.0 Å². The molecule has 0 unspecified atom stereocenters. The van der Waals surface area contributed by atoms with Crippen molar-refractivity contribution >= 4 is 30.9 Å². The second kappa shape index (κ2) is 5.32. The minimum Gasteiger partial charge on any atom is -0.414 e. The number of alkyl halides is 1. The Labute approximate surface area is 78.1 Å². The molecule has 0 spiro atoms. The number of hydrogen-bond donors (Lipinski definition) is 0. The highest BCUT2D eigenvalue weighted by molar-refractivity contribution is 14.1. The van der Waals surface area contributed by atoms with E-state index >= 15 is 0 Å². The zero-order valence-electron chi connectivity index (χ0n) is 6.86. The maximum atomic E-state index is 5.58. The largest absolute Gasteiger partial charge is 0.414 e. The molecule has 10 heavy (non-hydrogen) atoms. The summed E-state index contributed by atoms with van der Waals surface area (Å²) in [5.41, 5.74) is 2.24. The van der Waals surface area contributed by atoms with Crippen molar-refractivity contribution in [2.24, 2.45) is 0 Å². The molecule has 0 fully saturated rings. The molecule has 0 saturated heterocycles. The molecule has 0 atom stereocenters. The third-order valence-electron chi connectivity index (χ3n) is 1.12. The van der Waals surface area contributed by atoms with Crippen LogP contribution in [0.5, 0.6) is 0 Å². The molecular weight excluding hydrogens is 255 g/mol. The lowest BCUT2D eigenvalue weighted by Crippen LogP contribution is -2.27. The topological polar surface area (TPSA) is 9.23 Å². The van der Waals surface area contributed by atoms with Crippen LogP contribution < -0.4 is 0 Å². The number of rotatable bonds is 4. The summed E-state index contributed by atoms with van der Waals surface area (Å²) in [5, 5.41) is 0. The maximum Gasteiger partial charge on any atom is 0.210 e. The standard InChI is InChI=1S/C7H15IOSi/c1-4-9-10(2,3)7-5-6-8/h5,7H,4,6H2,1-3H3. The zero-order valence-corrected chi connectivity index (χ0v) is 10.0. The van der Waals surface area contributed by atoms with E-state index in [2.05, 4.69) is 47.5 Å². The lowest BCUT2D eigenvalue weighted by atomic mass is 10.8. The number of hydrogen-bond acceptors (Lipinski definition) is 1. The van der Waals surface area contributed by atoms with Crippen LogP contribution in [0, 0.1) is 0 Å². The van der Waals surface area contributed by atoms with Crippen molar-refractivity contribution in [2.45, 2.75) is 20.0 Å². The van der Waals surface area contributed by atoms with E-state index in [-0.39, 0.29) is 0 Å². The summed E-state index contributed by atoms with van der Waals surface area (Å²) >= 11 is 2.34. The van der Waals surface area contributed by atoms with Crippen molar-refractivity contribution in [1.82, 2.24) is 0 Å². The van der Waals surface area contributed by atoms with Gasteiger partial charge in [0.05, 0.1) is 0 Å². The van der Waals surface area contributed by atoms with Crippen LogP contribution in [-0.2, 0) is 4.43 Å². The van der Waals surface area contributed by atoms with E-state index in [1.807, 2.05) is 6.92 Å². The Balaban J connectivity index is 3.73. The van der Waals surface area contributed by atoms with Gasteiger partial charge >= 0.3 is 0 Å². The molecule has 0 rings (SSSR count). The van der Waals surface area contributed by atoms with E-state index in [4.69, 9.17) is 4.43 Å². The fraction of sp³-hybridized carbons (Fsp3) is 0.714. The molecule has 0 aromatic heterocycles. The first kappa shape index (κ1) is 10.6. The fourth-order valence-corrected chi connectivity index (χ4v) is 3.01. The first-order valence-electron chi connectivity index (χ1n) is 3.50. The second-order valence-electron chi connectivity index (χ2n) is 2.59. The first-order valence-corrected chi connectivity index (χ1v) is 8.01. The normalized spacial score (nSPS) is 12.8. The molecule has 0 N–H and O–H groups in total. The highest BCUT2D eigenvalue weighted by atomic mass is 127. The molecule has 3 heteroatoms. The Morgan fingerprint density at radius 3 is 2.50 bits per heavy atom. The fourth-order valence-electron chi connectivity index (χ4n) is 0.748. The van der Waals surface area contributed by atoms with Crippen LogP contribution in [0.15, 0.2) is 11.8 Å². The van der Waals surface area contributed by atoms with Gasteiger partial charge in [0.2, 0.25) is 8.32 Å². The molecule has 0 bridgehead atoms. The first-order chi connectivity index (χ1) is 4.62. The minimum absolute atomic E-state index is 0.838.